The second-order valence-corrected chi connectivity index (χ2v) is 5.68. The van der Waals surface area contributed by atoms with Crippen LogP contribution in [0.15, 0.2) is 0 Å². The molecular formula is C12H16O2. The van der Waals surface area contributed by atoms with Crippen LogP contribution in [0.5, 0.6) is 0 Å². The highest BCUT2D eigenvalue weighted by Gasteiger charge is 2.54. The predicted molar refractivity (Wildman–Crippen MR) is 51.7 cm³/mol. The summed E-state index contributed by atoms with van der Waals surface area (Å²) in [6.07, 6.45) is 7.58. The van der Waals surface area contributed by atoms with Gasteiger partial charge in [-0.15, -0.1) is 0 Å². The number of rotatable bonds is 2. The van der Waals surface area contributed by atoms with Crippen LogP contribution in [-0.2, 0) is 9.59 Å². The maximum Gasteiger partial charge on any atom is 0.201 e. The first-order chi connectivity index (χ1) is 6.72. The molecule has 4 rings (SSSR count). The van der Waals surface area contributed by atoms with Crippen molar-refractivity contribution in [3.63, 3.8) is 0 Å². The van der Waals surface area contributed by atoms with Gasteiger partial charge in [-0.3, -0.25) is 9.59 Å². The third-order valence-corrected chi connectivity index (χ3v) is 4.67. The van der Waals surface area contributed by atoms with Crippen LogP contribution in [0.1, 0.15) is 38.5 Å². The van der Waals surface area contributed by atoms with Crippen LogP contribution in [0.3, 0.4) is 0 Å². The first-order valence-corrected chi connectivity index (χ1v) is 5.71. The van der Waals surface area contributed by atoms with Gasteiger partial charge in [-0.05, 0) is 56.3 Å². The molecular weight excluding hydrogens is 176 g/mol. The van der Waals surface area contributed by atoms with Gasteiger partial charge in [0.05, 0.1) is 0 Å². The number of carbonyl (C=O) groups excluding carboxylic acids is 2. The molecule has 4 bridgehead atoms. The molecule has 0 aromatic heterocycles. The van der Waals surface area contributed by atoms with Gasteiger partial charge in [0.1, 0.15) is 0 Å². The molecule has 76 valence electrons. The lowest BCUT2D eigenvalue weighted by atomic mass is 9.48. The normalized spacial score (nSPS) is 49.3. The van der Waals surface area contributed by atoms with Gasteiger partial charge in [-0.2, -0.15) is 0 Å². The molecule has 0 spiro atoms. The molecule has 0 radical (unpaired) electrons. The minimum Gasteiger partial charge on any atom is -0.295 e. The van der Waals surface area contributed by atoms with E-state index in [1.807, 2.05) is 0 Å². The number of aldehydes is 1. The fourth-order valence-corrected chi connectivity index (χ4v) is 4.54. The number of ketones is 1. The van der Waals surface area contributed by atoms with Crippen molar-refractivity contribution in [2.75, 3.05) is 0 Å². The number of hydrogen-bond donors (Lipinski definition) is 0. The summed E-state index contributed by atoms with van der Waals surface area (Å²) in [5, 5.41) is 0. The molecule has 0 atom stereocenters. The van der Waals surface area contributed by atoms with Crippen LogP contribution in [0.25, 0.3) is 0 Å². The van der Waals surface area contributed by atoms with Gasteiger partial charge < -0.3 is 0 Å². The zero-order chi connectivity index (χ0) is 9.76. The van der Waals surface area contributed by atoms with Gasteiger partial charge in [-0.1, -0.05) is 0 Å². The van der Waals surface area contributed by atoms with Crippen molar-refractivity contribution < 1.29 is 9.59 Å². The maximum absolute atomic E-state index is 11.7. The summed E-state index contributed by atoms with van der Waals surface area (Å²) in [7, 11) is 0. The third-order valence-electron chi connectivity index (χ3n) is 4.67. The highest BCUT2D eigenvalue weighted by Crippen LogP contribution is 2.60. The van der Waals surface area contributed by atoms with Crippen molar-refractivity contribution in [2.24, 2.45) is 23.2 Å². The second-order valence-electron chi connectivity index (χ2n) is 5.68. The summed E-state index contributed by atoms with van der Waals surface area (Å²) < 4.78 is 0. The van der Waals surface area contributed by atoms with Crippen molar-refractivity contribution in [1.82, 2.24) is 0 Å². The average Bonchev–Trinajstić information content (AvgIpc) is 2.14. The molecule has 4 aliphatic carbocycles. The quantitative estimate of drug-likeness (QED) is 0.495. The van der Waals surface area contributed by atoms with E-state index in [0.29, 0.717) is 6.29 Å². The Morgan fingerprint density at radius 2 is 1.43 bits per heavy atom. The molecule has 4 aliphatic rings. The van der Waals surface area contributed by atoms with E-state index >= 15 is 0 Å². The first kappa shape index (κ1) is 8.63. The highest BCUT2D eigenvalue weighted by molar-refractivity contribution is 6.27. The molecule has 2 nitrogen and oxygen atoms in total. The lowest BCUT2D eigenvalue weighted by Gasteiger charge is -2.55. The van der Waals surface area contributed by atoms with E-state index in [0.717, 1.165) is 37.0 Å². The van der Waals surface area contributed by atoms with E-state index in [4.69, 9.17) is 0 Å². The van der Waals surface area contributed by atoms with Gasteiger partial charge in [0.2, 0.25) is 5.78 Å². The van der Waals surface area contributed by atoms with Gasteiger partial charge in [-0.25, -0.2) is 0 Å². The molecule has 0 heterocycles. The Balaban J connectivity index is 1.94. The van der Waals surface area contributed by atoms with Crippen molar-refractivity contribution in [3.05, 3.63) is 0 Å². The summed E-state index contributed by atoms with van der Waals surface area (Å²) in [4.78, 5) is 22.4. The Bertz CT molecular complexity index is 257. The molecule has 0 unspecified atom stereocenters. The van der Waals surface area contributed by atoms with Gasteiger partial charge in [0.25, 0.3) is 0 Å². The highest BCUT2D eigenvalue weighted by atomic mass is 16.2. The molecule has 0 aromatic carbocycles. The van der Waals surface area contributed by atoms with E-state index < -0.39 is 0 Å². The van der Waals surface area contributed by atoms with Crippen molar-refractivity contribution in [3.8, 4) is 0 Å². The zero-order valence-corrected chi connectivity index (χ0v) is 8.37. The summed E-state index contributed by atoms with van der Waals surface area (Å²) in [5.74, 6) is 2.16. The van der Waals surface area contributed by atoms with E-state index in [2.05, 4.69) is 0 Å². The molecule has 0 aliphatic heterocycles. The number of hydrogen-bond acceptors (Lipinski definition) is 2. The van der Waals surface area contributed by atoms with Crippen LogP contribution in [0.2, 0.25) is 0 Å². The molecule has 4 saturated carbocycles. The Hall–Kier alpha value is -0.660. The Labute approximate surface area is 84.1 Å². The van der Waals surface area contributed by atoms with E-state index in [1.165, 1.54) is 19.3 Å². The largest absolute Gasteiger partial charge is 0.295 e. The maximum atomic E-state index is 11.7. The van der Waals surface area contributed by atoms with E-state index in [9.17, 15) is 9.59 Å². The number of carbonyl (C=O) groups is 2. The lowest BCUT2D eigenvalue weighted by molar-refractivity contribution is -0.148. The van der Waals surface area contributed by atoms with Gasteiger partial charge >= 0.3 is 0 Å². The topological polar surface area (TPSA) is 34.1 Å². The van der Waals surface area contributed by atoms with Gasteiger partial charge in [0, 0.05) is 5.41 Å². The first-order valence-electron chi connectivity index (χ1n) is 5.71. The molecule has 14 heavy (non-hydrogen) atoms. The lowest BCUT2D eigenvalue weighted by Crippen LogP contribution is -2.50. The van der Waals surface area contributed by atoms with Crippen molar-refractivity contribution in [2.45, 2.75) is 38.5 Å². The number of Topliss-reactive ketones (excluding diaryl/α,β-unsaturated/α-hetero) is 1. The Morgan fingerprint density at radius 3 is 1.79 bits per heavy atom. The standard InChI is InChI=1S/C12H16O2/c13-7-11(14)12-4-8-1-9(5-12)3-10(2-8)6-12/h7-10H,1-6H2. The summed E-state index contributed by atoms with van der Waals surface area (Å²) in [5.41, 5.74) is -0.198. The molecule has 0 N–H and O–H groups in total. The SMILES string of the molecule is O=CC(=O)C12CC3CC(CC(C3)C1)C2. The Kier molecular flexibility index (Phi) is 1.65. The summed E-state index contributed by atoms with van der Waals surface area (Å²) in [6.45, 7) is 0. The fraction of sp³-hybridized carbons (Fsp3) is 0.833. The summed E-state index contributed by atoms with van der Waals surface area (Å²) in [6, 6.07) is 0. The molecule has 4 fully saturated rings. The van der Waals surface area contributed by atoms with Gasteiger partial charge in [0.15, 0.2) is 6.29 Å². The van der Waals surface area contributed by atoms with Crippen LogP contribution >= 0.6 is 0 Å². The Morgan fingerprint density at radius 1 is 1.00 bits per heavy atom. The van der Waals surface area contributed by atoms with E-state index in [-0.39, 0.29) is 11.2 Å². The third kappa shape index (κ3) is 1.03. The van der Waals surface area contributed by atoms with Crippen LogP contribution in [-0.4, -0.2) is 12.1 Å². The smallest absolute Gasteiger partial charge is 0.201 e. The zero-order valence-electron chi connectivity index (χ0n) is 8.37. The minimum absolute atomic E-state index is 0.100. The van der Waals surface area contributed by atoms with Crippen molar-refractivity contribution in [1.29, 1.82) is 0 Å². The fourth-order valence-electron chi connectivity index (χ4n) is 4.54. The monoisotopic (exact) mass is 192 g/mol. The average molecular weight is 192 g/mol. The van der Waals surface area contributed by atoms with E-state index in [1.54, 1.807) is 0 Å². The molecule has 0 amide bonds. The second kappa shape index (κ2) is 2.68. The van der Waals surface area contributed by atoms with Crippen LogP contribution in [0.4, 0.5) is 0 Å². The van der Waals surface area contributed by atoms with Crippen LogP contribution in [0, 0.1) is 23.2 Å². The molecule has 0 aromatic rings. The van der Waals surface area contributed by atoms with Crippen molar-refractivity contribution >= 4 is 12.1 Å². The summed E-state index contributed by atoms with van der Waals surface area (Å²) >= 11 is 0. The minimum atomic E-state index is -0.198. The molecule has 0 saturated heterocycles. The van der Waals surface area contributed by atoms with Crippen LogP contribution < -0.4 is 0 Å². The molecule has 2 heteroatoms. The predicted octanol–water partition coefficient (Wildman–Crippen LogP) is 1.97.